The molecule has 1 aliphatic carbocycles. The van der Waals surface area contributed by atoms with Gasteiger partial charge in [0.1, 0.15) is 0 Å². The molecule has 0 spiro atoms. The molecule has 1 N–H and O–H groups in total. The van der Waals surface area contributed by atoms with E-state index in [-0.39, 0.29) is 0 Å². The van der Waals surface area contributed by atoms with Crippen LogP contribution in [-0.2, 0) is 9.73 Å². The molecule has 0 aromatic heterocycles. The molecule has 0 radical (unpaired) electrons. The molecule has 0 atom stereocenters. The van der Waals surface area contributed by atoms with E-state index < -0.39 is 9.73 Å². The van der Waals surface area contributed by atoms with Crippen molar-refractivity contribution < 1.29 is 4.21 Å². The van der Waals surface area contributed by atoms with Crippen molar-refractivity contribution in [1.29, 1.82) is 0 Å². The minimum Gasteiger partial charge on any atom is -0.315 e. The summed E-state index contributed by atoms with van der Waals surface area (Å²) in [6.07, 6.45) is 2.61. The summed E-state index contributed by atoms with van der Waals surface area (Å²) in [5.74, 6) is 2.30. The van der Waals surface area contributed by atoms with Crippen LogP contribution in [-0.4, -0.2) is 35.3 Å². The van der Waals surface area contributed by atoms with Gasteiger partial charge in [0.25, 0.3) is 0 Å². The molecule has 0 unspecified atom stereocenters. The summed E-state index contributed by atoms with van der Waals surface area (Å²) < 4.78 is 16.3. The van der Waals surface area contributed by atoms with E-state index in [1.54, 1.807) is 0 Å². The molecule has 0 aromatic rings. The summed E-state index contributed by atoms with van der Waals surface area (Å²) in [5.41, 5.74) is 0. The van der Waals surface area contributed by atoms with E-state index in [1.165, 1.54) is 12.8 Å². The molecule has 1 aliphatic heterocycles. The van der Waals surface area contributed by atoms with E-state index in [2.05, 4.69) is 9.68 Å². The average Bonchev–Trinajstić information content (AvgIpc) is 2.85. The first kappa shape index (κ1) is 8.51. The van der Waals surface area contributed by atoms with E-state index in [9.17, 15) is 4.21 Å². The molecule has 70 valence electrons. The van der Waals surface area contributed by atoms with E-state index in [1.807, 2.05) is 0 Å². The van der Waals surface area contributed by atoms with Gasteiger partial charge in [0.15, 0.2) is 0 Å². The molecule has 1 heterocycles. The number of hydrogen-bond acceptors (Lipinski definition) is 3. The maximum absolute atomic E-state index is 11.9. The first-order valence-electron chi connectivity index (χ1n) is 4.67. The highest BCUT2D eigenvalue weighted by molar-refractivity contribution is 7.93. The van der Waals surface area contributed by atoms with Crippen molar-refractivity contribution in [2.75, 3.05) is 31.1 Å². The number of hydrogen-bond donors (Lipinski definition) is 1. The molecule has 2 rings (SSSR count). The Balaban J connectivity index is 1.96. The van der Waals surface area contributed by atoms with E-state index in [4.69, 9.17) is 0 Å². The Labute approximate surface area is 74.1 Å². The molecule has 1 saturated carbocycles. The Hall–Kier alpha value is -0.0900. The maximum Gasteiger partial charge on any atom is 0.0512 e. The highest BCUT2D eigenvalue weighted by Crippen LogP contribution is 2.29. The normalized spacial score (nSPS) is 28.3. The van der Waals surface area contributed by atoms with Gasteiger partial charge in [-0.2, -0.15) is 0 Å². The summed E-state index contributed by atoms with van der Waals surface area (Å²) in [7, 11) is -1.78. The lowest BCUT2D eigenvalue weighted by Gasteiger charge is -2.16. The van der Waals surface area contributed by atoms with Crippen LogP contribution in [0.15, 0.2) is 4.36 Å². The molecule has 0 aromatic carbocycles. The van der Waals surface area contributed by atoms with Gasteiger partial charge >= 0.3 is 0 Å². The first-order valence-corrected chi connectivity index (χ1v) is 6.53. The van der Waals surface area contributed by atoms with Gasteiger partial charge in [0.05, 0.1) is 6.54 Å². The number of nitrogens with zero attached hydrogens (tertiary/aromatic N) is 1. The smallest absolute Gasteiger partial charge is 0.0512 e. The second-order valence-corrected chi connectivity index (χ2v) is 6.31. The Kier molecular flexibility index (Phi) is 2.37. The Morgan fingerprint density at radius 1 is 1.33 bits per heavy atom. The van der Waals surface area contributed by atoms with Crippen LogP contribution in [0.3, 0.4) is 0 Å². The van der Waals surface area contributed by atoms with Crippen LogP contribution in [0.1, 0.15) is 12.8 Å². The summed E-state index contributed by atoms with van der Waals surface area (Å²) >= 11 is 0. The zero-order valence-corrected chi connectivity index (χ0v) is 8.11. The monoisotopic (exact) mass is 188 g/mol. The van der Waals surface area contributed by atoms with Crippen molar-refractivity contribution in [3.63, 3.8) is 0 Å². The molecule has 1 saturated heterocycles. The third-order valence-corrected chi connectivity index (χ3v) is 4.76. The van der Waals surface area contributed by atoms with Gasteiger partial charge in [0, 0.05) is 34.3 Å². The third-order valence-electron chi connectivity index (χ3n) is 2.46. The van der Waals surface area contributed by atoms with Crippen LogP contribution in [0, 0.1) is 5.92 Å². The quantitative estimate of drug-likeness (QED) is 0.684. The van der Waals surface area contributed by atoms with Crippen molar-refractivity contribution in [3.05, 3.63) is 0 Å². The van der Waals surface area contributed by atoms with Gasteiger partial charge in [-0.25, -0.2) is 8.57 Å². The second kappa shape index (κ2) is 3.34. The molecule has 12 heavy (non-hydrogen) atoms. The number of nitrogens with one attached hydrogen (secondary N) is 1. The third kappa shape index (κ3) is 2.20. The van der Waals surface area contributed by atoms with Crippen LogP contribution < -0.4 is 5.32 Å². The largest absolute Gasteiger partial charge is 0.315 e. The maximum atomic E-state index is 11.9. The second-order valence-electron chi connectivity index (χ2n) is 3.69. The molecule has 0 bridgehead atoms. The van der Waals surface area contributed by atoms with Gasteiger partial charge in [-0.05, 0) is 18.8 Å². The summed E-state index contributed by atoms with van der Waals surface area (Å²) in [6.45, 7) is 2.62. The van der Waals surface area contributed by atoms with Crippen molar-refractivity contribution in [1.82, 2.24) is 5.32 Å². The molecule has 2 aliphatic rings. The van der Waals surface area contributed by atoms with Crippen molar-refractivity contribution in [2.24, 2.45) is 10.3 Å². The molecular weight excluding hydrogens is 172 g/mol. The topological polar surface area (TPSA) is 41.5 Å². The van der Waals surface area contributed by atoms with Crippen LogP contribution in [0.4, 0.5) is 0 Å². The van der Waals surface area contributed by atoms with E-state index >= 15 is 0 Å². The Bertz CT molecular complexity index is 252. The van der Waals surface area contributed by atoms with Crippen LogP contribution in [0.2, 0.25) is 0 Å². The molecular formula is C8H16N2OS. The van der Waals surface area contributed by atoms with E-state index in [0.717, 1.165) is 37.1 Å². The van der Waals surface area contributed by atoms with Gasteiger partial charge in [0.2, 0.25) is 0 Å². The fraction of sp³-hybridized carbons (Fsp3) is 1.00. The van der Waals surface area contributed by atoms with Gasteiger partial charge < -0.3 is 5.32 Å². The summed E-state index contributed by atoms with van der Waals surface area (Å²) in [5, 5.41) is 3.20. The fourth-order valence-corrected chi connectivity index (χ4v) is 3.23. The summed E-state index contributed by atoms with van der Waals surface area (Å²) in [4.78, 5) is 0. The zero-order chi connectivity index (χ0) is 8.44. The predicted molar refractivity (Wildman–Crippen MR) is 50.8 cm³/mol. The van der Waals surface area contributed by atoms with Crippen molar-refractivity contribution in [3.8, 4) is 0 Å². The SMILES string of the molecule is O=S1(=NCC2CC2)CCNCC1. The molecule has 2 fully saturated rings. The van der Waals surface area contributed by atoms with Gasteiger partial charge in [-0.1, -0.05) is 0 Å². The van der Waals surface area contributed by atoms with E-state index in [0.29, 0.717) is 0 Å². The minimum atomic E-state index is -1.78. The van der Waals surface area contributed by atoms with Crippen LogP contribution in [0.5, 0.6) is 0 Å². The highest BCUT2D eigenvalue weighted by atomic mass is 32.2. The molecule has 0 amide bonds. The number of rotatable bonds is 2. The minimum absolute atomic E-state index is 0.764. The average molecular weight is 188 g/mol. The Morgan fingerprint density at radius 3 is 2.58 bits per heavy atom. The lowest BCUT2D eigenvalue weighted by Crippen LogP contribution is -2.35. The van der Waals surface area contributed by atoms with Crippen molar-refractivity contribution >= 4 is 9.73 Å². The fourth-order valence-electron chi connectivity index (χ4n) is 1.36. The summed E-state index contributed by atoms with van der Waals surface area (Å²) in [6, 6.07) is 0. The zero-order valence-electron chi connectivity index (χ0n) is 7.29. The molecule has 3 nitrogen and oxygen atoms in total. The lowest BCUT2D eigenvalue weighted by molar-refractivity contribution is 0.648. The predicted octanol–water partition coefficient (Wildman–Crippen LogP) is 0.468. The lowest BCUT2D eigenvalue weighted by atomic mass is 10.4. The van der Waals surface area contributed by atoms with Crippen molar-refractivity contribution in [2.45, 2.75) is 12.8 Å². The van der Waals surface area contributed by atoms with Gasteiger partial charge in [-0.15, -0.1) is 0 Å². The van der Waals surface area contributed by atoms with Crippen LogP contribution in [0.25, 0.3) is 0 Å². The van der Waals surface area contributed by atoms with Crippen LogP contribution >= 0.6 is 0 Å². The standard InChI is InChI=1S/C8H16N2OS/c11-12(5-3-9-4-6-12)10-7-8-1-2-8/h8-9H,1-7H2. The molecule has 4 heteroatoms. The Morgan fingerprint density at radius 2 is 2.00 bits per heavy atom. The first-order chi connectivity index (χ1) is 5.79. The highest BCUT2D eigenvalue weighted by Gasteiger charge is 2.22. The van der Waals surface area contributed by atoms with Gasteiger partial charge in [-0.3, -0.25) is 0 Å².